The number of carboxylic acid groups (broad SMARTS) is 1. The van der Waals surface area contributed by atoms with Gasteiger partial charge in [-0.2, -0.15) is 0 Å². The number of anilines is 1. The summed E-state index contributed by atoms with van der Waals surface area (Å²) < 4.78 is 0. The van der Waals surface area contributed by atoms with E-state index in [4.69, 9.17) is 0 Å². The van der Waals surface area contributed by atoms with Gasteiger partial charge in [-0.05, 0) is 49.1 Å². The average molecular weight is 297 g/mol. The molecular formula is C19H23NO2. The van der Waals surface area contributed by atoms with Crippen LogP contribution in [0.1, 0.15) is 23.6 Å². The molecule has 116 valence electrons. The summed E-state index contributed by atoms with van der Waals surface area (Å²) in [6.45, 7) is 3.77. The molecule has 2 aromatic carbocycles. The molecule has 0 aromatic heterocycles. The maximum absolute atomic E-state index is 11.9. The topological polar surface area (TPSA) is 40.5 Å². The zero-order valence-electron chi connectivity index (χ0n) is 13.6. The fraction of sp³-hybridized carbons (Fsp3) is 0.316. The Morgan fingerprint density at radius 1 is 1.09 bits per heavy atom. The van der Waals surface area contributed by atoms with Crippen molar-refractivity contribution >= 4 is 11.7 Å². The molecule has 0 aliphatic rings. The molecule has 2 rings (SSSR count). The lowest BCUT2D eigenvalue weighted by Gasteiger charge is -2.27. The Hall–Kier alpha value is -2.29. The largest absolute Gasteiger partial charge is 0.481 e. The quantitative estimate of drug-likeness (QED) is 0.916. The predicted molar refractivity (Wildman–Crippen MR) is 90.6 cm³/mol. The highest BCUT2D eigenvalue weighted by atomic mass is 16.4. The maximum atomic E-state index is 11.9. The van der Waals surface area contributed by atoms with E-state index >= 15 is 0 Å². The van der Waals surface area contributed by atoms with Gasteiger partial charge in [-0.25, -0.2) is 0 Å². The third-order valence-electron chi connectivity index (χ3n) is 4.22. The number of benzene rings is 2. The molecule has 0 amide bonds. The van der Waals surface area contributed by atoms with Gasteiger partial charge in [0.25, 0.3) is 0 Å². The fourth-order valence-electron chi connectivity index (χ4n) is 2.80. The second-order valence-electron chi connectivity index (χ2n) is 6.19. The van der Waals surface area contributed by atoms with Crippen LogP contribution >= 0.6 is 0 Å². The van der Waals surface area contributed by atoms with E-state index in [9.17, 15) is 9.90 Å². The van der Waals surface area contributed by atoms with Crippen LogP contribution in [0.4, 0.5) is 5.69 Å². The Kier molecular flexibility index (Phi) is 4.55. The molecule has 1 N–H and O–H groups in total. The van der Waals surface area contributed by atoms with Crippen LogP contribution in [0, 0.1) is 6.92 Å². The Bertz CT molecular complexity index is 661. The average Bonchev–Trinajstić information content (AvgIpc) is 2.47. The number of carboxylic acids is 1. The lowest BCUT2D eigenvalue weighted by atomic mass is 9.75. The van der Waals surface area contributed by atoms with Crippen LogP contribution in [0.15, 0.2) is 48.5 Å². The van der Waals surface area contributed by atoms with Gasteiger partial charge in [-0.1, -0.05) is 36.4 Å². The predicted octanol–water partition coefficient (Wildman–Crippen LogP) is 3.65. The molecule has 0 fully saturated rings. The Morgan fingerprint density at radius 2 is 1.68 bits per heavy atom. The molecule has 0 saturated heterocycles. The van der Waals surface area contributed by atoms with E-state index < -0.39 is 11.4 Å². The SMILES string of the molecule is Cc1ccccc1C(C)(Cc1ccc(N(C)C)cc1)C(=O)O. The number of carbonyl (C=O) groups is 1. The molecule has 0 aliphatic heterocycles. The minimum atomic E-state index is -0.926. The van der Waals surface area contributed by atoms with Crippen LogP contribution in [-0.4, -0.2) is 25.2 Å². The van der Waals surface area contributed by atoms with Crippen LogP contribution < -0.4 is 4.90 Å². The van der Waals surface area contributed by atoms with Gasteiger partial charge in [0.05, 0.1) is 5.41 Å². The third kappa shape index (κ3) is 3.14. The molecule has 22 heavy (non-hydrogen) atoms. The monoisotopic (exact) mass is 297 g/mol. The molecule has 1 atom stereocenters. The van der Waals surface area contributed by atoms with Crippen LogP contribution in [0.25, 0.3) is 0 Å². The minimum absolute atomic E-state index is 0.473. The smallest absolute Gasteiger partial charge is 0.314 e. The zero-order valence-corrected chi connectivity index (χ0v) is 13.6. The number of aryl methyl sites for hydroxylation is 1. The first-order valence-corrected chi connectivity index (χ1v) is 7.40. The normalized spacial score (nSPS) is 13.5. The summed E-state index contributed by atoms with van der Waals surface area (Å²) in [5.41, 5.74) is 3.09. The van der Waals surface area contributed by atoms with Gasteiger partial charge in [0.2, 0.25) is 0 Å². The first-order valence-electron chi connectivity index (χ1n) is 7.40. The molecule has 0 radical (unpaired) electrons. The highest BCUT2D eigenvalue weighted by Gasteiger charge is 2.36. The van der Waals surface area contributed by atoms with Crippen LogP contribution in [0.5, 0.6) is 0 Å². The zero-order chi connectivity index (χ0) is 16.3. The number of hydrogen-bond acceptors (Lipinski definition) is 2. The number of rotatable bonds is 5. The van der Waals surface area contributed by atoms with Gasteiger partial charge in [0.15, 0.2) is 0 Å². The van der Waals surface area contributed by atoms with Gasteiger partial charge in [0.1, 0.15) is 0 Å². The summed E-state index contributed by atoms with van der Waals surface area (Å²) >= 11 is 0. The number of hydrogen-bond donors (Lipinski definition) is 1. The molecule has 0 bridgehead atoms. The lowest BCUT2D eigenvalue weighted by molar-refractivity contribution is -0.143. The molecular weight excluding hydrogens is 274 g/mol. The Morgan fingerprint density at radius 3 is 2.18 bits per heavy atom. The van der Waals surface area contributed by atoms with Gasteiger partial charge < -0.3 is 10.0 Å². The van der Waals surface area contributed by atoms with E-state index in [2.05, 4.69) is 0 Å². The summed E-state index contributed by atoms with van der Waals surface area (Å²) in [5, 5.41) is 9.81. The van der Waals surface area contributed by atoms with Gasteiger partial charge in [0, 0.05) is 19.8 Å². The molecule has 3 heteroatoms. The van der Waals surface area contributed by atoms with Gasteiger partial charge >= 0.3 is 5.97 Å². The maximum Gasteiger partial charge on any atom is 0.314 e. The van der Waals surface area contributed by atoms with Crippen molar-refractivity contribution < 1.29 is 9.90 Å². The summed E-state index contributed by atoms with van der Waals surface area (Å²) in [5.74, 6) is -0.793. The van der Waals surface area contributed by atoms with E-state index in [1.165, 1.54) is 0 Å². The summed E-state index contributed by atoms with van der Waals surface area (Å²) in [7, 11) is 3.98. The molecule has 2 aromatic rings. The lowest BCUT2D eigenvalue weighted by Crippen LogP contribution is -2.35. The summed E-state index contributed by atoms with van der Waals surface area (Å²) in [4.78, 5) is 14.0. The van der Waals surface area contributed by atoms with Crippen molar-refractivity contribution in [3.8, 4) is 0 Å². The highest BCUT2D eigenvalue weighted by molar-refractivity contribution is 5.82. The van der Waals surface area contributed by atoms with Crippen molar-refractivity contribution in [3.05, 3.63) is 65.2 Å². The molecule has 0 spiro atoms. The van der Waals surface area contributed by atoms with Gasteiger partial charge in [-0.15, -0.1) is 0 Å². The third-order valence-corrected chi connectivity index (χ3v) is 4.22. The summed E-state index contributed by atoms with van der Waals surface area (Å²) in [6.07, 6.45) is 0.473. The minimum Gasteiger partial charge on any atom is -0.481 e. The first kappa shape index (κ1) is 16.1. The van der Waals surface area contributed by atoms with Crippen LogP contribution in [-0.2, 0) is 16.6 Å². The highest BCUT2D eigenvalue weighted by Crippen LogP contribution is 2.31. The second-order valence-corrected chi connectivity index (χ2v) is 6.19. The fourth-order valence-corrected chi connectivity index (χ4v) is 2.80. The van der Waals surface area contributed by atoms with Gasteiger partial charge in [-0.3, -0.25) is 4.79 Å². The standard InChI is InChI=1S/C19H23NO2/c1-14-7-5-6-8-17(14)19(2,18(21)22)13-15-9-11-16(12-10-15)20(3)4/h5-12H,13H2,1-4H3,(H,21,22). The molecule has 1 unspecified atom stereocenters. The van der Waals surface area contributed by atoms with Crippen molar-refractivity contribution in [2.45, 2.75) is 25.7 Å². The Labute approximate surface area is 132 Å². The van der Waals surface area contributed by atoms with E-state index in [0.717, 1.165) is 22.4 Å². The van der Waals surface area contributed by atoms with Crippen molar-refractivity contribution in [3.63, 3.8) is 0 Å². The van der Waals surface area contributed by atoms with E-state index in [1.807, 2.05) is 74.4 Å². The van der Waals surface area contributed by atoms with E-state index in [1.54, 1.807) is 6.92 Å². The van der Waals surface area contributed by atoms with Crippen molar-refractivity contribution in [2.24, 2.45) is 0 Å². The van der Waals surface area contributed by atoms with Crippen LogP contribution in [0.2, 0.25) is 0 Å². The Balaban J connectivity index is 2.37. The van der Waals surface area contributed by atoms with Crippen molar-refractivity contribution in [1.82, 2.24) is 0 Å². The molecule has 0 aliphatic carbocycles. The van der Waals surface area contributed by atoms with Crippen molar-refractivity contribution in [2.75, 3.05) is 19.0 Å². The summed E-state index contributed by atoms with van der Waals surface area (Å²) in [6, 6.07) is 15.8. The number of aliphatic carboxylic acids is 1. The van der Waals surface area contributed by atoms with E-state index in [-0.39, 0.29) is 0 Å². The second kappa shape index (κ2) is 6.22. The number of nitrogens with zero attached hydrogens (tertiary/aromatic N) is 1. The van der Waals surface area contributed by atoms with Crippen LogP contribution in [0.3, 0.4) is 0 Å². The molecule has 0 heterocycles. The molecule has 0 saturated carbocycles. The molecule has 3 nitrogen and oxygen atoms in total. The first-order chi connectivity index (χ1) is 10.3. The van der Waals surface area contributed by atoms with E-state index in [0.29, 0.717) is 6.42 Å². The van der Waals surface area contributed by atoms with Crippen molar-refractivity contribution in [1.29, 1.82) is 0 Å².